The third-order valence-electron chi connectivity index (χ3n) is 1.43. The van der Waals surface area contributed by atoms with Gasteiger partial charge in [-0.2, -0.15) is 13.2 Å². The quantitative estimate of drug-likeness (QED) is 0.824. The van der Waals surface area contributed by atoms with Crippen LogP contribution in [0.4, 0.5) is 13.2 Å². The molecule has 15 heavy (non-hydrogen) atoms. The lowest BCUT2D eigenvalue weighted by Crippen LogP contribution is -2.19. The average molecular weight is 240 g/mol. The van der Waals surface area contributed by atoms with Crippen LogP contribution >= 0.6 is 0 Å². The molecular formula is C8H7F3O3S. The van der Waals surface area contributed by atoms with E-state index in [-0.39, 0.29) is 10.6 Å². The monoisotopic (exact) mass is 240 g/mol. The second-order valence-corrected chi connectivity index (χ2v) is 3.59. The van der Waals surface area contributed by atoms with E-state index in [0.29, 0.717) is 0 Å². The Morgan fingerprint density at radius 2 is 1.80 bits per heavy atom. The maximum atomic E-state index is 11.7. The van der Waals surface area contributed by atoms with Crippen LogP contribution in [0.1, 0.15) is 0 Å². The van der Waals surface area contributed by atoms with E-state index >= 15 is 0 Å². The molecule has 0 heterocycles. The number of alkyl halides is 3. The third kappa shape index (κ3) is 4.30. The van der Waals surface area contributed by atoms with Gasteiger partial charge >= 0.3 is 6.18 Å². The van der Waals surface area contributed by atoms with E-state index in [1.165, 1.54) is 24.3 Å². The van der Waals surface area contributed by atoms with Gasteiger partial charge in [-0.3, -0.25) is 0 Å². The van der Waals surface area contributed by atoms with Gasteiger partial charge in [-0.05, 0) is 24.3 Å². The molecule has 0 saturated heterocycles. The SMILES string of the molecule is O=S(O)c1ccc(OCC(F)(F)F)cc1. The van der Waals surface area contributed by atoms with Gasteiger partial charge in [-0.1, -0.05) is 0 Å². The van der Waals surface area contributed by atoms with Crippen LogP contribution in [0.25, 0.3) is 0 Å². The van der Waals surface area contributed by atoms with Crippen molar-refractivity contribution >= 4 is 11.1 Å². The minimum absolute atomic E-state index is 0.00141. The largest absolute Gasteiger partial charge is 0.484 e. The van der Waals surface area contributed by atoms with E-state index in [0.717, 1.165) is 0 Å². The molecule has 1 aromatic rings. The number of hydrogen-bond donors (Lipinski definition) is 1. The summed E-state index contributed by atoms with van der Waals surface area (Å²) < 4.78 is 58.7. The summed E-state index contributed by atoms with van der Waals surface area (Å²) >= 11 is -2.14. The van der Waals surface area contributed by atoms with Crippen molar-refractivity contribution in [2.24, 2.45) is 0 Å². The lowest BCUT2D eigenvalue weighted by molar-refractivity contribution is -0.153. The summed E-state index contributed by atoms with van der Waals surface area (Å²) in [5, 5.41) is 0. The Hall–Kier alpha value is -1.08. The molecule has 0 aromatic heterocycles. The van der Waals surface area contributed by atoms with Crippen LogP contribution in [0, 0.1) is 0 Å². The van der Waals surface area contributed by atoms with Crippen molar-refractivity contribution in [1.29, 1.82) is 0 Å². The van der Waals surface area contributed by atoms with Gasteiger partial charge in [0.1, 0.15) is 5.75 Å². The van der Waals surface area contributed by atoms with Gasteiger partial charge in [0.15, 0.2) is 17.7 Å². The van der Waals surface area contributed by atoms with Crippen LogP contribution in [0.2, 0.25) is 0 Å². The first-order valence-electron chi connectivity index (χ1n) is 3.79. The predicted octanol–water partition coefficient (Wildman–Crippen LogP) is 2.21. The first-order chi connectivity index (χ1) is 6.88. The summed E-state index contributed by atoms with van der Waals surface area (Å²) in [7, 11) is 0. The predicted molar refractivity (Wildman–Crippen MR) is 47.0 cm³/mol. The third-order valence-corrected chi connectivity index (χ3v) is 2.10. The van der Waals surface area contributed by atoms with Crippen molar-refractivity contribution < 1.29 is 26.7 Å². The Kier molecular flexibility index (Phi) is 3.70. The van der Waals surface area contributed by atoms with Crippen LogP contribution in [0.15, 0.2) is 29.2 Å². The fourth-order valence-corrected chi connectivity index (χ4v) is 1.19. The summed E-state index contributed by atoms with van der Waals surface area (Å²) in [5.41, 5.74) is 0. The number of benzene rings is 1. The summed E-state index contributed by atoms with van der Waals surface area (Å²) in [6, 6.07) is 4.86. The van der Waals surface area contributed by atoms with Crippen LogP contribution < -0.4 is 4.74 Å². The summed E-state index contributed by atoms with van der Waals surface area (Å²) in [5.74, 6) is 0.00141. The van der Waals surface area contributed by atoms with Crippen molar-refractivity contribution in [3.8, 4) is 5.75 Å². The lowest BCUT2D eigenvalue weighted by atomic mass is 10.3. The number of ether oxygens (including phenoxy) is 1. The van der Waals surface area contributed by atoms with Crippen LogP contribution in [-0.2, 0) is 11.1 Å². The van der Waals surface area contributed by atoms with Crippen molar-refractivity contribution in [2.45, 2.75) is 11.1 Å². The fraction of sp³-hybridized carbons (Fsp3) is 0.250. The van der Waals surface area contributed by atoms with E-state index in [1.807, 2.05) is 0 Å². The molecule has 0 aliphatic carbocycles. The molecule has 1 atom stereocenters. The van der Waals surface area contributed by atoms with E-state index in [4.69, 9.17) is 4.55 Å². The van der Waals surface area contributed by atoms with Crippen LogP contribution in [0.5, 0.6) is 5.75 Å². The molecule has 0 amide bonds. The smallest absolute Gasteiger partial charge is 0.422 e. The van der Waals surface area contributed by atoms with E-state index in [2.05, 4.69) is 4.74 Å². The van der Waals surface area contributed by atoms with Gasteiger partial charge in [0.2, 0.25) is 0 Å². The first kappa shape index (κ1) is 12.0. The molecule has 1 N–H and O–H groups in total. The molecule has 1 rings (SSSR count). The van der Waals surface area contributed by atoms with Crippen molar-refractivity contribution in [2.75, 3.05) is 6.61 Å². The highest BCUT2D eigenvalue weighted by atomic mass is 32.2. The Bertz CT molecular complexity index is 347. The van der Waals surface area contributed by atoms with Gasteiger partial charge in [0, 0.05) is 0 Å². The molecule has 0 spiro atoms. The molecule has 0 aliphatic rings. The van der Waals surface area contributed by atoms with E-state index in [9.17, 15) is 17.4 Å². The van der Waals surface area contributed by atoms with Gasteiger partial charge in [0.25, 0.3) is 0 Å². The molecule has 84 valence electrons. The number of halogens is 3. The van der Waals surface area contributed by atoms with Gasteiger partial charge < -0.3 is 9.29 Å². The molecule has 0 fully saturated rings. The Balaban J connectivity index is 2.61. The summed E-state index contributed by atoms with van der Waals surface area (Å²) in [6.07, 6.45) is -4.39. The Morgan fingerprint density at radius 1 is 1.27 bits per heavy atom. The molecular weight excluding hydrogens is 233 g/mol. The maximum Gasteiger partial charge on any atom is 0.422 e. The average Bonchev–Trinajstić information content (AvgIpc) is 2.14. The Morgan fingerprint density at radius 3 is 2.20 bits per heavy atom. The highest BCUT2D eigenvalue weighted by Gasteiger charge is 2.28. The van der Waals surface area contributed by atoms with E-state index < -0.39 is 23.9 Å². The maximum absolute atomic E-state index is 11.7. The molecule has 7 heteroatoms. The zero-order valence-electron chi connectivity index (χ0n) is 7.32. The highest BCUT2D eigenvalue weighted by molar-refractivity contribution is 7.79. The number of rotatable bonds is 3. The van der Waals surface area contributed by atoms with Gasteiger partial charge in [-0.25, -0.2) is 4.21 Å². The van der Waals surface area contributed by atoms with Crippen LogP contribution in [-0.4, -0.2) is 21.5 Å². The van der Waals surface area contributed by atoms with Crippen molar-refractivity contribution in [3.63, 3.8) is 0 Å². The highest BCUT2D eigenvalue weighted by Crippen LogP contribution is 2.19. The molecule has 1 aromatic carbocycles. The number of hydrogen-bond acceptors (Lipinski definition) is 2. The standard InChI is InChI=1S/C8H7F3O3S/c9-8(10,11)5-14-6-1-3-7(4-2-6)15(12)13/h1-4H,5H2,(H,12,13). The van der Waals surface area contributed by atoms with Gasteiger partial charge in [-0.15, -0.1) is 0 Å². The molecule has 0 radical (unpaired) electrons. The minimum atomic E-state index is -4.39. The Labute approximate surface area is 86.1 Å². The summed E-state index contributed by atoms with van der Waals surface area (Å²) in [4.78, 5) is 0.106. The lowest BCUT2D eigenvalue weighted by Gasteiger charge is -2.08. The minimum Gasteiger partial charge on any atom is -0.484 e. The fourth-order valence-electron chi connectivity index (χ4n) is 0.817. The van der Waals surface area contributed by atoms with Gasteiger partial charge in [0.05, 0.1) is 4.90 Å². The molecule has 0 saturated carbocycles. The zero-order chi connectivity index (χ0) is 11.5. The molecule has 0 aliphatic heterocycles. The molecule has 0 bridgehead atoms. The molecule has 1 unspecified atom stereocenters. The second-order valence-electron chi connectivity index (χ2n) is 2.62. The second kappa shape index (κ2) is 4.63. The topological polar surface area (TPSA) is 46.5 Å². The first-order valence-corrected chi connectivity index (χ1v) is 4.89. The van der Waals surface area contributed by atoms with Crippen molar-refractivity contribution in [3.05, 3.63) is 24.3 Å². The van der Waals surface area contributed by atoms with Crippen molar-refractivity contribution in [1.82, 2.24) is 0 Å². The zero-order valence-corrected chi connectivity index (χ0v) is 8.14. The normalized spacial score (nSPS) is 13.6. The molecule has 3 nitrogen and oxygen atoms in total. The van der Waals surface area contributed by atoms with E-state index in [1.54, 1.807) is 0 Å². The van der Waals surface area contributed by atoms with Crippen LogP contribution in [0.3, 0.4) is 0 Å². The summed E-state index contributed by atoms with van der Waals surface area (Å²) in [6.45, 7) is -1.38.